The first-order valence-corrected chi connectivity index (χ1v) is 5.50. The Labute approximate surface area is 92.6 Å². The molecule has 0 saturated carbocycles. The molecule has 0 N–H and O–H groups in total. The van der Waals surface area contributed by atoms with Crippen molar-refractivity contribution in [2.24, 2.45) is 0 Å². The molecule has 0 aliphatic carbocycles. The molecule has 80 valence electrons. The molecule has 0 bridgehead atoms. The number of hydrogen-bond donors (Lipinski definition) is 0. The van der Waals surface area contributed by atoms with Gasteiger partial charge in [0.25, 0.3) is 0 Å². The van der Waals surface area contributed by atoms with E-state index in [2.05, 4.69) is 55.3 Å². The quantitative estimate of drug-likeness (QED) is 0.654. The number of pyridine rings is 1. The summed E-state index contributed by atoms with van der Waals surface area (Å²) in [6.07, 6.45) is 14.6. The van der Waals surface area contributed by atoms with Crippen LogP contribution in [0.25, 0.3) is 0 Å². The fourth-order valence-corrected chi connectivity index (χ4v) is 1.60. The van der Waals surface area contributed by atoms with Gasteiger partial charge in [0, 0.05) is 12.4 Å². The van der Waals surface area contributed by atoms with Crippen molar-refractivity contribution >= 4 is 0 Å². The summed E-state index contributed by atoms with van der Waals surface area (Å²) in [4.78, 5) is 4.05. The van der Waals surface area contributed by atoms with Crippen LogP contribution >= 0.6 is 0 Å². The Bertz CT molecular complexity index is 297. The van der Waals surface area contributed by atoms with E-state index < -0.39 is 0 Å². The molecule has 0 atom stereocenters. The second kappa shape index (κ2) is 6.99. The molecule has 0 unspecified atom stereocenters. The Morgan fingerprint density at radius 1 is 1.07 bits per heavy atom. The van der Waals surface area contributed by atoms with Gasteiger partial charge in [0.15, 0.2) is 0 Å². The molecule has 0 aliphatic rings. The van der Waals surface area contributed by atoms with Gasteiger partial charge in [-0.3, -0.25) is 4.98 Å². The average Bonchev–Trinajstić information content (AvgIpc) is 2.30. The Morgan fingerprint density at radius 2 is 1.60 bits per heavy atom. The Balaban J connectivity index is 2.71. The molecule has 0 amide bonds. The molecule has 0 spiro atoms. The van der Waals surface area contributed by atoms with E-state index in [1.165, 1.54) is 5.56 Å². The predicted molar refractivity (Wildman–Crippen MR) is 65.8 cm³/mol. The summed E-state index contributed by atoms with van der Waals surface area (Å²) in [5.41, 5.74) is 1.38. The highest BCUT2D eigenvalue weighted by Gasteiger charge is 2.07. The molecule has 1 rings (SSSR count). The molecule has 0 saturated heterocycles. The Kier molecular flexibility index (Phi) is 5.46. The maximum Gasteiger partial charge on any atom is 0.0270 e. The van der Waals surface area contributed by atoms with E-state index in [1.807, 2.05) is 12.4 Å². The van der Waals surface area contributed by atoms with Gasteiger partial charge in [-0.25, -0.2) is 0 Å². The summed E-state index contributed by atoms with van der Waals surface area (Å²) in [5, 5.41) is 0. The SMILES string of the molecule is C/C=C/CC(C/C=C/C)c1ccncc1. The van der Waals surface area contributed by atoms with Crippen molar-refractivity contribution in [3.05, 3.63) is 54.4 Å². The fourth-order valence-electron chi connectivity index (χ4n) is 1.60. The first-order chi connectivity index (χ1) is 7.38. The van der Waals surface area contributed by atoms with E-state index in [9.17, 15) is 0 Å². The topological polar surface area (TPSA) is 12.9 Å². The lowest BCUT2D eigenvalue weighted by molar-refractivity contribution is 0.709. The van der Waals surface area contributed by atoms with Gasteiger partial charge >= 0.3 is 0 Å². The summed E-state index contributed by atoms with van der Waals surface area (Å²) in [6, 6.07) is 4.22. The van der Waals surface area contributed by atoms with Crippen LogP contribution in [0.15, 0.2) is 48.8 Å². The predicted octanol–water partition coefficient (Wildman–Crippen LogP) is 4.10. The Hall–Kier alpha value is -1.37. The smallest absolute Gasteiger partial charge is 0.0270 e. The van der Waals surface area contributed by atoms with E-state index >= 15 is 0 Å². The maximum atomic E-state index is 4.05. The summed E-state index contributed by atoms with van der Waals surface area (Å²) >= 11 is 0. The third kappa shape index (κ3) is 4.11. The second-order valence-electron chi connectivity index (χ2n) is 3.59. The van der Waals surface area contributed by atoms with Gasteiger partial charge in [0.2, 0.25) is 0 Å². The minimum absolute atomic E-state index is 0.584. The average molecular weight is 201 g/mol. The molecule has 1 heterocycles. The minimum Gasteiger partial charge on any atom is -0.265 e. The van der Waals surface area contributed by atoms with Gasteiger partial charge in [-0.05, 0) is 50.3 Å². The number of allylic oxidation sites excluding steroid dienone is 4. The zero-order chi connectivity index (χ0) is 10.9. The van der Waals surface area contributed by atoms with Crippen LogP contribution < -0.4 is 0 Å². The fraction of sp³-hybridized carbons (Fsp3) is 0.357. The van der Waals surface area contributed by atoms with Crippen molar-refractivity contribution in [2.75, 3.05) is 0 Å². The monoisotopic (exact) mass is 201 g/mol. The molecular formula is C14H19N. The van der Waals surface area contributed by atoms with Gasteiger partial charge < -0.3 is 0 Å². The summed E-state index contributed by atoms with van der Waals surface area (Å²) in [6.45, 7) is 4.14. The molecule has 1 nitrogen and oxygen atoms in total. The Morgan fingerprint density at radius 3 is 2.07 bits per heavy atom. The van der Waals surface area contributed by atoms with E-state index in [0.29, 0.717) is 5.92 Å². The van der Waals surface area contributed by atoms with E-state index in [1.54, 1.807) is 0 Å². The van der Waals surface area contributed by atoms with Crippen molar-refractivity contribution in [2.45, 2.75) is 32.6 Å². The van der Waals surface area contributed by atoms with Crippen molar-refractivity contribution in [3.63, 3.8) is 0 Å². The second-order valence-corrected chi connectivity index (χ2v) is 3.59. The first-order valence-electron chi connectivity index (χ1n) is 5.50. The summed E-state index contributed by atoms with van der Waals surface area (Å²) in [5.74, 6) is 0.584. The minimum atomic E-state index is 0.584. The van der Waals surface area contributed by atoms with Crippen LogP contribution in [-0.4, -0.2) is 4.98 Å². The standard InChI is InChI=1S/C14H19N/c1-3-5-7-13(8-6-4-2)14-9-11-15-12-10-14/h3-6,9-13H,7-8H2,1-2H3/b5-3+,6-4+. The van der Waals surface area contributed by atoms with Crippen molar-refractivity contribution in [1.29, 1.82) is 0 Å². The zero-order valence-electron chi connectivity index (χ0n) is 9.56. The molecule has 1 heteroatoms. The van der Waals surface area contributed by atoms with Crippen LogP contribution in [0, 0.1) is 0 Å². The molecular weight excluding hydrogens is 182 g/mol. The molecule has 0 fully saturated rings. The molecule has 15 heavy (non-hydrogen) atoms. The van der Waals surface area contributed by atoms with Crippen molar-refractivity contribution < 1.29 is 0 Å². The van der Waals surface area contributed by atoms with E-state index in [0.717, 1.165) is 12.8 Å². The number of rotatable bonds is 5. The molecule has 0 aliphatic heterocycles. The zero-order valence-corrected chi connectivity index (χ0v) is 9.56. The van der Waals surface area contributed by atoms with Crippen molar-refractivity contribution in [1.82, 2.24) is 4.98 Å². The number of aromatic nitrogens is 1. The lowest BCUT2D eigenvalue weighted by Gasteiger charge is -2.12. The third-order valence-electron chi connectivity index (χ3n) is 2.49. The highest BCUT2D eigenvalue weighted by molar-refractivity contribution is 5.18. The van der Waals surface area contributed by atoms with Crippen LogP contribution in [0.2, 0.25) is 0 Å². The number of nitrogens with zero attached hydrogens (tertiary/aromatic N) is 1. The molecule has 1 aromatic heterocycles. The largest absolute Gasteiger partial charge is 0.265 e. The molecule has 0 radical (unpaired) electrons. The van der Waals surface area contributed by atoms with Crippen LogP contribution in [0.1, 0.15) is 38.2 Å². The van der Waals surface area contributed by atoms with Gasteiger partial charge in [0.1, 0.15) is 0 Å². The lowest BCUT2D eigenvalue weighted by Crippen LogP contribution is -1.96. The molecule has 1 aromatic rings. The van der Waals surface area contributed by atoms with Gasteiger partial charge in [-0.2, -0.15) is 0 Å². The van der Waals surface area contributed by atoms with Gasteiger partial charge in [-0.15, -0.1) is 0 Å². The van der Waals surface area contributed by atoms with Crippen LogP contribution in [-0.2, 0) is 0 Å². The first kappa shape index (κ1) is 11.7. The van der Waals surface area contributed by atoms with Crippen LogP contribution in [0.5, 0.6) is 0 Å². The highest BCUT2D eigenvalue weighted by atomic mass is 14.6. The lowest BCUT2D eigenvalue weighted by atomic mass is 9.93. The normalized spacial score (nSPS) is 11.9. The van der Waals surface area contributed by atoms with E-state index in [-0.39, 0.29) is 0 Å². The van der Waals surface area contributed by atoms with Crippen molar-refractivity contribution in [3.8, 4) is 0 Å². The maximum absolute atomic E-state index is 4.05. The summed E-state index contributed by atoms with van der Waals surface area (Å²) < 4.78 is 0. The van der Waals surface area contributed by atoms with Crippen LogP contribution in [0.3, 0.4) is 0 Å². The van der Waals surface area contributed by atoms with E-state index in [4.69, 9.17) is 0 Å². The third-order valence-corrected chi connectivity index (χ3v) is 2.49. The molecule has 0 aromatic carbocycles. The number of hydrogen-bond acceptors (Lipinski definition) is 1. The van der Waals surface area contributed by atoms with Gasteiger partial charge in [0.05, 0.1) is 0 Å². The summed E-state index contributed by atoms with van der Waals surface area (Å²) in [7, 11) is 0. The van der Waals surface area contributed by atoms with Crippen LogP contribution in [0.4, 0.5) is 0 Å². The van der Waals surface area contributed by atoms with Gasteiger partial charge in [-0.1, -0.05) is 24.3 Å². The highest BCUT2D eigenvalue weighted by Crippen LogP contribution is 2.23.